The normalized spacial score (nSPS) is 11.2. The molecule has 0 spiro atoms. The molecule has 4 nitrogen and oxygen atoms in total. The number of aryl methyl sites for hydroxylation is 1. The third kappa shape index (κ3) is 4.90. The van der Waals surface area contributed by atoms with E-state index in [0.717, 1.165) is 53.3 Å². The van der Waals surface area contributed by atoms with E-state index in [4.69, 9.17) is 14.5 Å². The first kappa shape index (κ1) is 19.8. The van der Waals surface area contributed by atoms with Crippen molar-refractivity contribution in [1.29, 1.82) is 0 Å². The van der Waals surface area contributed by atoms with Gasteiger partial charge in [-0.2, -0.15) is 0 Å². The van der Waals surface area contributed by atoms with Crippen LogP contribution in [0.15, 0.2) is 78.9 Å². The van der Waals surface area contributed by atoms with E-state index in [0.29, 0.717) is 6.61 Å². The molecule has 1 heterocycles. The standard InChI is InChI=1S/C26H26N2O2/c1-29-22-16-13-21(14-17-22)15-18-26-27-24-11-5-6-12-25(24)28(26)19-7-8-20-30-23-9-3-2-4-10-23/h2-6,9-18H,7-8,19-20H2,1H3/b18-15+. The molecule has 0 amide bonds. The van der Waals surface area contributed by atoms with Gasteiger partial charge in [0.1, 0.15) is 17.3 Å². The summed E-state index contributed by atoms with van der Waals surface area (Å²) >= 11 is 0. The average Bonchev–Trinajstić information content (AvgIpc) is 3.16. The summed E-state index contributed by atoms with van der Waals surface area (Å²) in [7, 11) is 1.68. The number of rotatable bonds is 9. The molecule has 0 aliphatic carbocycles. The minimum atomic E-state index is 0.716. The molecule has 0 aliphatic heterocycles. The van der Waals surface area contributed by atoms with Gasteiger partial charge in [0.15, 0.2) is 0 Å². The Labute approximate surface area is 177 Å². The van der Waals surface area contributed by atoms with E-state index in [1.807, 2.05) is 60.7 Å². The molecule has 0 saturated carbocycles. The lowest BCUT2D eigenvalue weighted by Gasteiger charge is -2.09. The Hall–Kier alpha value is -3.53. The van der Waals surface area contributed by atoms with E-state index < -0.39 is 0 Å². The molecule has 0 unspecified atom stereocenters. The number of imidazole rings is 1. The van der Waals surface area contributed by atoms with E-state index in [2.05, 4.69) is 34.9 Å². The van der Waals surface area contributed by atoms with E-state index >= 15 is 0 Å². The smallest absolute Gasteiger partial charge is 0.133 e. The highest BCUT2D eigenvalue weighted by Gasteiger charge is 2.08. The van der Waals surface area contributed by atoms with Crippen LogP contribution in [0.4, 0.5) is 0 Å². The van der Waals surface area contributed by atoms with Gasteiger partial charge in [-0.1, -0.05) is 48.5 Å². The van der Waals surface area contributed by atoms with Gasteiger partial charge >= 0.3 is 0 Å². The molecule has 0 atom stereocenters. The van der Waals surface area contributed by atoms with Crippen LogP contribution in [0.25, 0.3) is 23.2 Å². The second kappa shape index (κ2) is 9.79. The molecule has 0 saturated heterocycles. The van der Waals surface area contributed by atoms with Gasteiger partial charge in [-0.25, -0.2) is 4.98 Å². The summed E-state index contributed by atoms with van der Waals surface area (Å²) in [6.07, 6.45) is 6.19. The summed E-state index contributed by atoms with van der Waals surface area (Å²) in [6, 6.07) is 26.3. The number of hydrogen-bond acceptors (Lipinski definition) is 3. The van der Waals surface area contributed by atoms with Crippen LogP contribution in [-0.2, 0) is 6.54 Å². The van der Waals surface area contributed by atoms with Gasteiger partial charge in [0, 0.05) is 6.54 Å². The summed E-state index contributed by atoms with van der Waals surface area (Å²) in [5.74, 6) is 2.75. The van der Waals surface area contributed by atoms with Crippen molar-refractivity contribution < 1.29 is 9.47 Å². The molecule has 4 rings (SSSR count). The van der Waals surface area contributed by atoms with Crippen molar-refractivity contribution in [2.24, 2.45) is 0 Å². The number of benzene rings is 3. The summed E-state index contributed by atoms with van der Waals surface area (Å²) in [5.41, 5.74) is 3.30. The molecule has 1 aromatic heterocycles. The first-order valence-corrected chi connectivity index (χ1v) is 10.3. The van der Waals surface area contributed by atoms with Gasteiger partial charge in [0.05, 0.1) is 24.8 Å². The van der Waals surface area contributed by atoms with E-state index in [1.165, 1.54) is 0 Å². The van der Waals surface area contributed by atoms with Crippen molar-refractivity contribution >= 4 is 23.2 Å². The fourth-order valence-electron chi connectivity index (χ4n) is 3.42. The number of methoxy groups -OCH3 is 1. The third-order valence-electron chi connectivity index (χ3n) is 5.01. The minimum absolute atomic E-state index is 0.716. The van der Waals surface area contributed by atoms with Crippen molar-refractivity contribution in [2.45, 2.75) is 19.4 Å². The lowest BCUT2D eigenvalue weighted by Crippen LogP contribution is -2.04. The zero-order valence-electron chi connectivity index (χ0n) is 17.2. The first-order chi connectivity index (χ1) is 14.8. The average molecular weight is 399 g/mol. The highest BCUT2D eigenvalue weighted by molar-refractivity contribution is 5.79. The Morgan fingerprint density at radius 3 is 2.37 bits per heavy atom. The molecule has 0 N–H and O–H groups in total. The van der Waals surface area contributed by atoms with Crippen LogP contribution in [0.2, 0.25) is 0 Å². The van der Waals surface area contributed by atoms with Gasteiger partial charge < -0.3 is 14.0 Å². The molecular weight excluding hydrogens is 372 g/mol. The van der Waals surface area contributed by atoms with Crippen molar-refractivity contribution in [1.82, 2.24) is 9.55 Å². The van der Waals surface area contributed by atoms with Crippen molar-refractivity contribution in [3.63, 3.8) is 0 Å². The van der Waals surface area contributed by atoms with Crippen molar-refractivity contribution in [2.75, 3.05) is 13.7 Å². The third-order valence-corrected chi connectivity index (χ3v) is 5.01. The topological polar surface area (TPSA) is 36.3 Å². The number of hydrogen-bond donors (Lipinski definition) is 0. The molecule has 0 bridgehead atoms. The van der Waals surface area contributed by atoms with Crippen LogP contribution >= 0.6 is 0 Å². The molecule has 0 fully saturated rings. The molecule has 4 heteroatoms. The highest BCUT2D eigenvalue weighted by atomic mass is 16.5. The zero-order valence-corrected chi connectivity index (χ0v) is 17.2. The van der Waals surface area contributed by atoms with Gasteiger partial charge in [0.25, 0.3) is 0 Å². The van der Waals surface area contributed by atoms with Crippen molar-refractivity contribution in [3.8, 4) is 11.5 Å². The largest absolute Gasteiger partial charge is 0.497 e. The maximum absolute atomic E-state index is 5.82. The molecule has 3 aromatic carbocycles. The van der Waals surface area contributed by atoms with Crippen molar-refractivity contribution in [3.05, 3.63) is 90.3 Å². The van der Waals surface area contributed by atoms with Crippen LogP contribution in [-0.4, -0.2) is 23.3 Å². The summed E-state index contributed by atoms with van der Waals surface area (Å²) in [4.78, 5) is 4.83. The molecular formula is C26H26N2O2. The predicted molar refractivity (Wildman–Crippen MR) is 123 cm³/mol. The molecule has 0 radical (unpaired) electrons. The van der Waals surface area contributed by atoms with E-state index in [1.54, 1.807) is 7.11 Å². The summed E-state index contributed by atoms with van der Waals surface area (Å²) < 4.78 is 13.3. The Bertz CT molecular complexity index is 1100. The number of aromatic nitrogens is 2. The van der Waals surface area contributed by atoms with E-state index in [9.17, 15) is 0 Å². The van der Waals surface area contributed by atoms with E-state index in [-0.39, 0.29) is 0 Å². The second-order valence-corrected chi connectivity index (χ2v) is 7.09. The van der Waals surface area contributed by atoms with Gasteiger partial charge in [-0.05, 0) is 60.9 Å². The summed E-state index contributed by atoms with van der Waals surface area (Å²) in [6.45, 7) is 1.62. The molecule has 152 valence electrons. The number of fused-ring (bicyclic) bond motifs is 1. The Balaban J connectivity index is 1.44. The monoisotopic (exact) mass is 398 g/mol. The Morgan fingerprint density at radius 1 is 0.800 bits per heavy atom. The number of nitrogens with zero attached hydrogens (tertiary/aromatic N) is 2. The Kier molecular flexibility index (Phi) is 6.45. The van der Waals surface area contributed by atoms with Crippen LogP contribution in [0.1, 0.15) is 24.2 Å². The highest BCUT2D eigenvalue weighted by Crippen LogP contribution is 2.20. The fourth-order valence-corrected chi connectivity index (χ4v) is 3.42. The van der Waals surface area contributed by atoms with Crippen LogP contribution in [0.3, 0.4) is 0 Å². The maximum Gasteiger partial charge on any atom is 0.133 e. The SMILES string of the molecule is COc1ccc(/C=C/c2nc3ccccc3n2CCCCOc2ccccc2)cc1. The second-order valence-electron chi connectivity index (χ2n) is 7.09. The quantitative estimate of drug-likeness (QED) is 0.321. The van der Waals surface area contributed by atoms with Gasteiger partial charge in [-0.15, -0.1) is 0 Å². The number of para-hydroxylation sites is 3. The summed E-state index contributed by atoms with van der Waals surface area (Å²) in [5, 5.41) is 0. The lowest BCUT2D eigenvalue weighted by atomic mass is 10.2. The first-order valence-electron chi connectivity index (χ1n) is 10.3. The fraction of sp³-hybridized carbons (Fsp3) is 0.192. The molecule has 0 aliphatic rings. The van der Waals surface area contributed by atoms with Crippen LogP contribution < -0.4 is 9.47 Å². The molecule has 30 heavy (non-hydrogen) atoms. The number of ether oxygens (including phenoxy) is 2. The van der Waals surface area contributed by atoms with Crippen LogP contribution in [0.5, 0.6) is 11.5 Å². The van der Waals surface area contributed by atoms with Crippen LogP contribution in [0, 0.1) is 0 Å². The Morgan fingerprint density at radius 2 is 1.57 bits per heavy atom. The van der Waals surface area contributed by atoms with Gasteiger partial charge in [0.2, 0.25) is 0 Å². The minimum Gasteiger partial charge on any atom is -0.497 e. The molecule has 4 aromatic rings. The zero-order chi connectivity index (χ0) is 20.6. The lowest BCUT2D eigenvalue weighted by molar-refractivity contribution is 0.303. The number of unbranched alkanes of at least 4 members (excludes halogenated alkanes) is 1. The maximum atomic E-state index is 5.82. The van der Waals surface area contributed by atoms with Gasteiger partial charge in [-0.3, -0.25) is 0 Å². The predicted octanol–water partition coefficient (Wildman–Crippen LogP) is 6.07.